The van der Waals surface area contributed by atoms with E-state index >= 15 is 0 Å². The van der Waals surface area contributed by atoms with Crippen LogP contribution in [0.15, 0.2) is 12.4 Å². The minimum absolute atomic E-state index is 0.0832. The summed E-state index contributed by atoms with van der Waals surface area (Å²) in [6.45, 7) is 6.59. The van der Waals surface area contributed by atoms with E-state index in [0.717, 1.165) is 44.6 Å². The normalized spacial score (nSPS) is 38.8. The first-order valence-electron chi connectivity index (χ1n) is 9.92. The summed E-state index contributed by atoms with van der Waals surface area (Å²) in [5, 5.41) is 3.38. The number of carbonyl (C=O) groups is 1. The zero-order valence-electron chi connectivity index (χ0n) is 15.8. The zero-order chi connectivity index (χ0) is 18.0. The second kappa shape index (κ2) is 5.41. The molecule has 3 atom stereocenters. The molecule has 2 saturated heterocycles. The van der Waals surface area contributed by atoms with Crippen LogP contribution in [0.5, 0.6) is 0 Å². The number of nitrogens with one attached hydrogen (secondary N) is 1. The lowest BCUT2D eigenvalue weighted by Crippen LogP contribution is -2.53. The predicted molar refractivity (Wildman–Crippen MR) is 98.0 cm³/mol. The third kappa shape index (κ3) is 2.70. The van der Waals surface area contributed by atoms with Crippen LogP contribution in [0, 0.1) is 5.41 Å². The van der Waals surface area contributed by atoms with Crippen molar-refractivity contribution in [3.05, 3.63) is 18.1 Å². The fraction of sp³-hybridized carbons (Fsp3) is 0.750. The Morgan fingerprint density at radius 2 is 2.12 bits per heavy atom. The molecular weight excluding hydrogens is 328 g/mol. The summed E-state index contributed by atoms with van der Waals surface area (Å²) in [5.41, 5.74) is 0.567. The Labute approximate surface area is 154 Å². The minimum atomic E-state index is -0.306. The number of nitrogens with zero attached hydrogens (tertiary/aromatic N) is 3. The van der Waals surface area contributed by atoms with Gasteiger partial charge in [-0.3, -0.25) is 4.79 Å². The smallest absolute Gasteiger partial charge is 0.229 e. The molecule has 6 heteroatoms. The summed E-state index contributed by atoms with van der Waals surface area (Å²) in [6, 6.07) is 2.14. The molecule has 2 saturated carbocycles. The number of ether oxygens (including phenoxy) is 1. The first-order chi connectivity index (χ1) is 12.4. The van der Waals surface area contributed by atoms with E-state index in [0.29, 0.717) is 12.5 Å². The Kier molecular flexibility index (Phi) is 3.43. The van der Waals surface area contributed by atoms with E-state index in [4.69, 9.17) is 4.74 Å². The molecule has 4 fully saturated rings. The van der Waals surface area contributed by atoms with Crippen molar-refractivity contribution in [1.82, 2.24) is 15.3 Å². The van der Waals surface area contributed by atoms with Crippen molar-refractivity contribution < 1.29 is 9.53 Å². The van der Waals surface area contributed by atoms with E-state index in [2.05, 4.69) is 40.1 Å². The summed E-state index contributed by atoms with van der Waals surface area (Å²) >= 11 is 0. The molecule has 0 radical (unpaired) electrons. The summed E-state index contributed by atoms with van der Waals surface area (Å²) in [7, 11) is 0. The molecule has 3 heterocycles. The lowest BCUT2D eigenvalue weighted by Gasteiger charge is -2.32. The molecule has 4 aliphatic rings. The number of carbonyl (C=O) groups excluding carboxylic acids is 1. The first kappa shape index (κ1) is 16.5. The molecule has 2 bridgehead atoms. The van der Waals surface area contributed by atoms with Crippen molar-refractivity contribution in [3.63, 3.8) is 0 Å². The largest absolute Gasteiger partial charge is 0.374 e. The van der Waals surface area contributed by atoms with Gasteiger partial charge in [-0.25, -0.2) is 9.97 Å². The highest BCUT2D eigenvalue weighted by Crippen LogP contribution is 2.53. The Balaban J connectivity index is 1.27. The lowest BCUT2D eigenvalue weighted by molar-refractivity contribution is -0.134. The molecule has 2 aliphatic carbocycles. The molecule has 2 aliphatic heterocycles. The maximum atomic E-state index is 13.1. The number of hydrogen-bond donors (Lipinski definition) is 1. The van der Waals surface area contributed by atoms with Crippen molar-refractivity contribution in [2.75, 3.05) is 24.6 Å². The van der Waals surface area contributed by atoms with Crippen molar-refractivity contribution in [1.29, 1.82) is 0 Å². The zero-order valence-corrected chi connectivity index (χ0v) is 15.8. The predicted octanol–water partition coefficient (Wildman–Crippen LogP) is 2.40. The maximum Gasteiger partial charge on any atom is 0.229 e. The number of aromatic nitrogens is 2. The van der Waals surface area contributed by atoms with E-state index in [1.165, 1.54) is 18.5 Å². The van der Waals surface area contributed by atoms with Gasteiger partial charge in [-0.1, -0.05) is 0 Å². The van der Waals surface area contributed by atoms with Crippen LogP contribution in [0.4, 0.5) is 5.82 Å². The van der Waals surface area contributed by atoms with Gasteiger partial charge in [0.15, 0.2) is 0 Å². The number of hydrogen-bond acceptors (Lipinski definition) is 5. The van der Waals surface area contributed by atoms with Crippen LogP contribution < -0.4 is 10.2 Å². The second-order valence-corrected chi connectivity index (χ2v) is 9.46. The number of rotatable bonds is 4. The molecule has 1 aromatic heterocycles. The molecule has 140 valence electrons. The molecule has 5 rings (SSSR count). The third-order valence-corrected chi connectivity index (χ3v) is 6.91. The van der Waals surface area contributed by atoms with Crippen molar-refractivity contribution in [3.8, 4) is 0 Å². The van der Waals surface area contributed by atoms with Gasteiger partial charge in [-0.2, -0.15) is 0 Å². The summed E-state index contributed by atoms with van der Waals surface area (Å²) in [6.07, 6.45) is 7.92. The molecular formula is C20H28N4O2. The van der Waals surface area contributed by atoms with Crippen LogP contribution in [0.2, 0.25) is 0 Å². The highest BCUT2D eigenvalue weighted by Gasteiger charge is 2.58. The highest BCUT2D eigenvalue weighted by molar-refractivity contribution is 5.84. The van der Waals surface area contributed by atoms with E-state index in [1.807, 2.05) is 0 Å². The molecule has 1 amide bonds. The van der Waals surface area contributed by atoms with Crippen LogP contribution in [-0.2, 0) is 9.53 Å². The molecule has 3 unspecified atom stereocenters. The molecule has 0 spiro atoms. The van der Waals surface area contributed by atoms with Crippen molar-refractivity contribution in [2.45, 2.75) is 69.4 Å². The molecule has 0 aromatic carbocycles. The Morgan fingerprint density at radius 3 is 2.77 bits per heavy atom. The fourth-order valence-corrected chi connectivity index (χ4v) is 5.02. The fourth-order valence-electron chi connectivity index (χ4n) is 5.02. The van der Waals surface area contributed by atoms with E-state index in [9.17, 15) is 4.79 Å². The third-order valence-electron chi connectivity index (χ3n) is 6.91. The number of anilines is 1. The quantitative estimate of drug-likeness (QED) is 0.897. The van der Waals surface area contributed by atoms with Crippen LogP contribution in [0.1, 0.15) is 64.0 Å². The molecule has 6 nitrogen and oxygen atoms in total. The van der Waals surface area contributed by atoms with Gasteiger partial charge in [0, 0.05) is 30.8 Å². The van der Waals surface area contributed by atoms with E-state index in [-0.39, 0.29) is 22.5 Å². The van der Waals surface area contributed by atoms with Crippen LogP contribution in [0.3, 0.4) is 0 Å². The Bertz CT molecular complexity index is 739. The summed E-state index contributed by atoms with van der Waals surface area (Å²) < 4.78 is 5.90. The molecule has 1 aromatic rings. The van der Waals surface area contributed by atoms with E-state index in [1.54, 1.807) is 6.33 Å². The van der Waals surface area contributed by atoms with Gasteiger partial charge in [0.05, 0.1) is 23.2 Å². The van der Waals surface area contributed by atoms with Crippen LogP contribution in [-0.4, -0.2) is 46.7 Å². The standard InChI is InChI=1S/C20H28N4O2/c1-18(23-17(25)20-6-5-19(2,10-20)26-12-20)7-8-24(11-18)16-9-15(14-3-4-14)21-13-22-16/h9,13-14H,3-8,10-12H2,1-2H3,(H,23,25). The van der Waals surface area contributed by atoms with Crippen LogP contribution in [0.25, 0.3) is 0 Å². The second-order valence-electron chi connectivity index (χ2n) is 9.46. The highest BCUT2D eigenvalue weighted by atomic mass is 16.5. The molecule has 1 N–H and O–H groups in total. The van der Waals surface area contributed by atoms with Gasteiger partial charge in [-0.05, 0) is 52.4 Å². The first-order valence-corrected chi connectivity index (χ1v) is 9.92. The Hall–Kier alpha value is -1.69. The van der Waals surface area contributed by atoms with E-state index < -0.39 is 0 Å². The van der Waals surface area contributed by atoms with Crippen molar-refractivity contribution in [2.24, 2.45) is 5.41 Å². The van der Waals surface area contributed by atoms with Crippen molar-refractivity contribution >= 4 is 11.7 Å². The van der Waals surface area contributed by atoms with Gasteiger partial charge in [-0.15, -0.1) is 0 Å². The maximum absolute atomic E-state index is 13.1. The SMILES string of the molecule is CC1(NC(=O)C23CCC(C)(C2)OC3)CCN(c2cc(C3CC3)ncn2)C1. The average molecular weight is 356 g/mol. The number of amides is 1. The summed E-state index contributed by atoms with van der Waals surface area (Å²) in [4.78, 5) is 24.3. The number of fused-ring (bicyclic) bond motifs is 2. The minimum Gasteiger partial charge on any atom is -0.374 e. The van der Waals surface area contributed by atoms with Gasteiger partial charge in [0.25, 0.3) is 0 Å². The monoisotopic (exact) mass is 356 g/mol. The van der Waals surface area contributed by atoms with Gasteiger partial charge in [0.1, 0.15) is 12.1 Å². The average Bonchev–Trinajstić information content (AvgIpc) is 3.21. The Morgan fingerprint density at radius 1 is 1.27 bits per heavy atom. The van der Waals surface area contributed by atoms with Gasteiger partial charge < -0.3 is 15.0 Å². The topological polar surface area (TPSA) is 67.3 Å². The van der Waals surface area contributed by atoms with Gasteiger partial charge in [0.2, 0.25) is 5.91 Å². The summed E-state index contributed by atoms with van der Waals surface area (Å²) in [5.74, 6) is 1.81. The van der Waals surface area contributed by atoms with Crippen LogP contribution >= 0.6 is 0 Å². The lowest BCUT2D eigenvalue weighted by atomic mass is 9.85. The van der Waals surface area contributed by atoms with Gasteiger partial charge >= 0.3 is 0 Å². The molecule has 26 heavy (non-hydrogen) atoms.